The van der Waals surface area contributed by atoms with E-state index >= 15 is 0 Å². The quantitative estimate of drug-likeness (QED) is 0.532. The molecular weight excluding hydrogens is 288 g/mol. The smallest absolute Gasteiger partial charge is 0.00745 e. The summed E-state index contributed by atoms with van der Waals surface area (Å²) in [5.74, 6) is 0.689. The first-order valence-corrected chi connectivity index (χ1v) is 9.10. The topological polar surface area (TPSA) is 0 Å². The molecule has 0 amide bonds. The van der Waals surface area contributed by atoms with Gasteiger partial charge in [0.05, 0.1) is 0 Å². The first-order valence-electron chi connectivity index (χ1n) is 9.10. The van der Waals surface area contributed by atoms with Crippen LogP contribution in [-0.2, 0) is 10.8 Å². The van der Waals surface area contributed by atoms with Crippen molar-refractivity contribution in [2.24, 2.45) is 5.92 Å². The average molecular weight is 319 g/mol. The first-order chi connectivity index (χ1) is 11.2. The Balaban J connectivity index is 2.08. The largest absolute Gasteiger partial charge is 0.0622 e. The van der Waals surface area contributed by atoms with Crippen LogP contribution in [0.4, 0.5) is 0 Å². The molecule has 0 fully saturated rings. The average Bonchev–Trinajstić information content (AvgIpc) is 2.53. The first kappa shape index (κ1) is 17.0. The van der Waals surface area contributed by atoms with Gasteiger partial charge < -0.3 is 0 Å². The molecule has 0 radical (unpaired) electrons. The number of allylic oxidation sites excluding steroid dienone is 1. The Kier molecular flexibility index (Phi) is 4.20. The van der Waals surface area contributed by atoms with Crippen LogP contribution in [0.3, 0.4) is 0 Å². The van der Waals surface area contributed by atoms with E-state index < -0.39 is 0 Å². The summed E-state index contributed by atoms with van der Waals surface area (Å²) in [6, 6.07) is 17.7. The lowest BCUT2D eigenvalue weighted by atomic mass is 9.58. The van der Waals surface area contributed by atoms with Gasteiger partial charge in [0, 0.05) is 0 Å². The number of fused-ring (bicyclic) bond motifs is 1. The van der Waals surface area contributed by atoms with E-state index in [1.165, 1.54) is 34.2 Å². The summed E-state index contributed by atoms with van der Waals surface area (Å²) in [7, 11) is 0. The molecule has 0 aliphatic heterocycles. The lowest BCUT2D eigenvalue weighted by molar-refractivity contribution is 0.233. The van der Waals surface area contributed by atoms with Crippen molar-refractivity contribution in [3.05, 3.63) is 70.8 Å². The fourth-order valence-corrected chi connectivity index (χ4v) is 4.19. The summed E-state index contributed by atoms with van der Waals surface area (Å²) in [6.07, 6.45) is 3.54. The third-order valence-electron chi connectivity index (χ3n) is 6.13. The summed E-state index contributed by atoms with van der Waals surface area (Å²) < 4.78 is 0. The Labute approximate surface area is 147 Å². The minimum absolute atomic E-state index is 0.230. The van der Waals surface area contributed by atoms with Crippen LogP contribution < -0.4 is 0 Å². The Hall–Kier alpha value is -1.82. The van der Waals surface area contributed by atoms with E-state index in [4.69, 9.17) is 0 Å². The molecule has 1 aliphatic rings. The van der Waals surface area contributed by atoms with Crippen molar-refractivity contribution in [3.63, 3.8) is 0 Å². The molecule has 3 rings (SSSR count). The molecule has 2 aromatic rings. The summed E-state index contributed by atoms with van der Waals surface area (Å²) in [6.45, 7) is 14.2. The lowest BCUT2D eigenvalue weighted by Crippen LogP contribution is -2.40. The maximum atomic E-state index is 2.45. The van der Waals surface area contributed by atoms with Gasteiger partial charge in [0.2, 0.25) is 0 Å². The Morgan fingerprint density at radius 2 is 1.62 bits per heavy atom. The minimum Gasteiger partial charge on any atom is -0.0622 e. The van der Waals surface area contributed by atoms with Gasteiger partial charge in [-0.25, -0.2) is 0 Å². The predicted molar refractivity (Wildman–Crippen MR) is 106 cm³/mol. The van der Waals surface area contributed by atoms with Crippen LogP contribution in [0.1, 0.15) is 70.2 Å². The Morgan fingerprint density at radius 1 is 0.958 bits per heavy atom. The van der Waals surface area contributed by atoms with Gasteiger partial charge in [0.1, 0.15) is 0 Å². The van der Waals surface area contributed by atoms with E-state index in [0.717, 1.165) is 0 Å². The molecule has 0 heterocycles. The maximum Gasteiger partial charge on any atom is -0.00745 e. The fraction of sp³-hybridized carbons (Fsp3) is 0.417. The van der Waals surface area contributed by atoms with Crippen molar-refractivity contribution in [1.82, 2.24) is 0 Å². The lowest BCUT2D eigenvalue weighted by Gasteiger charge is -2.46. The zero-order valence-corrected chi connectivity index (χ0v) is 16.0. The van der Waals surface area contributed by atoms with Crippen LogP contribution in [0, 0.1) is 5.92 Å². The highest BCUT2D eigenvalue weighted by atomic mass is 14.5. The van der Waals surface area contributed by atoms with Gasteiger partial charge in [0.25, 0.3) is 0 Å². The molecule has 0 N–H and O–H groups in total. The second-order valence-electron chi connectivity index (χ2n) is 8.71. The van der Waals surface area contributed by atoms with Gasteiger partial charge in [-0.05, 0) is 57.9 Å². The highest BCUT2D eigenvalue weighted by Gasteiger charge is 2.41. The van der Waals surface area contributed by atoms with E-state index in [1.54, 1.807) is 0 Å². The third-order valence-corrected chi connectivity index (χ3v) is 6.13. The van der Waals surface area contributed by atoms with Crippen molar-refractivity contribution >= 4 is 11.6 Å². The van der Waals surface area contributed by atoms with Crippen molar-refractivity contribution in [2.45, 2.75) is 58.8 Å². The monoisotopic (exact) mass is 318 g/mol. The van der Waals surface area contributed by atoms with Crippen LogP contribution in [0.2, 0.25) is 0 Å². The SMILES string of the molecule is C/C(=C\c1ccccc1)c1ccc2c(c1)C(C)(C)C(C)CC2(C)C. The van der Waals surface area contributed by atoms with Gasteiger partial charge >= 0.3 is 0 Å². The van der Waals surface area contributed by atoms with Gasteiger partial charge in [-0.3, -0.25) is 0 Å². The van der Waals surface area contributed by atoms with Gasteiger partial charge in [-0.2, -0.15) is 0 Å². The second kappa shape index (κ2) is 5.92. The van der Waals surface area contributed by atoms with Crippen molar-refractivity contribution in [3.8, 4) is 0 Å². The van der Waals surface area contributed by atoms with E-state index in [-0.39, 0.29) is 10.8 Å². The standard InChI is InChI=1S/C24H30/c1-17(14-19-10-8-7-9-11-19)20-12-13-21-22(15-20)24(5,6)18(2)16-23(21,3)4/h7-15,18H,16H2,1-6H3/b17-14+. The maximum absolute atomic E-state index is 2.45. The predicted octanol–water partition coefficient (Wildman–Crippen LogP) is 6.84. The molecule has 126 valence electrons. The van der Waals surface area contributed by atoms with Gasteiger partial charge in [0.15, 0.2) is 0 Å². The summed E-state index contributed by atoms with van der Waals surface area (Å²) >= 11 is 0. The van der Waals surface area contributed by atoms with Crippen LogP contribution in [0.25, 0.3) is 11.6 Å². The van der Waals surface area contributed by atoms with E-state index in [9.17, 15) is 0 Å². The van der Waals surface area contributed by atoms with Crippen molar-refractivity contribution in [2.75, 3.05) is 0 Å². The minimum atomic E-state index is 0.230. The summed E-state index contributed by atoms with van der Waals surface area (Å²) in [4.78, 5) is 0. The number of hydrogen-bond acceptors (Lipinski definition) is 0. The molecule has 0 saturated carbocycles. The molecule has 1 unspecified atom stereocenters. The molecule has 0 bridgehead atoms. The summed E-state index contributed by atoms with van der Waals surface area (Å²) in [5.41, 5.74) is 7.49. The molecule has 0 saturated heterocycles. The zero-order chi connectivity index (χ0) is 17.5. The van der Waals surface area contributed by atoms with Crippen LogP contribution in [0.15, 0.2) is 48.5 Å². The molecule has 0 nitrogen and oxygen atoms in total. The molecule has 0 aromatic heterocycles. The van der Waals surface area contributed by atoms with E-state index in [0.29, 0.717) is 5.92 Å². The molecule has 1 atom stereocenters. The molecule has 24 heavy (non-hydrogen) atoms. The number of hydrogen-bond donors (Lipinski definition) is 0. The fourth-order valence-electron chi connectivity index (χ4n) is 4.19. The van der Waals surface area contributed by atoms with E-state index in [2.05, 4.69) is 96.1 Å². The van der Waals surface area contributed by atoms with Gasteiger partial charge in [-0.1, -0.05) is 89.2 Å². The van der Waals surface area contributed by atoms with Gasteiger partial charge in [-0.15, -0.1) is 0 Å². The molecular formula is C24H30. The second-order valence-corrected chi connectivity index (χ2v) is 8.71. The van der Waals surface area contributed by atoms with E-state index in [1.807, 2.05) is 0 Å². The van der Waals surface area contributed by atoms with Crippen LogP contribution in [-0.4, -0.2) is 0 Å². The Morgan fingerprint density at radius 3 is 2.29 bits per heavy atom. The highest BCUT2D eigenvalue weighted by molar-refractivity contribution is 5.80. The number of rotatable bonds is 2. The van der Waals surface area contributed by atoms with Crippen molar-refractivity contribution < 1.29 is 0 Å². The van der Waals surface area contributed by atoms with Crippen LogP contribution in [0.5, 0.6) is 0 Å². The molecule has 0 heteroatoms. The van der Waals surface area contributed by atoms with Crippen LogP contribution >= 0.6 is 0 Å². The molecule has 0 spiro atoms. The highest BCUT2D eigenvalue weighted by Crippen LogP contribution is 2.49. The van der Waals surface area contributed by atoms with Crippen molar-refractivity contribution in [1.29, 1.82) is 0 Å². The molecule has 2 aromatic carbocycles. The number of benzene rings is 2. The summed E-state index contributed by atoms with van der Waals surface area (Å²) in [5, 5.41) is 0. The molecule has 1 aliphatic carbocycles. The third kappa shape index (κ3) is 2.95. The zero-order valence-electron chi connectivity index (χ0n) is 16.0. The Bertz CT molecular complexity index is 760. The normalized spacial score (nSPS) is 22.1.